The summed E-state index contributed by atoms with van der Waals surface area (Å²) in [5, 5.41) is 11.5. The lowest BCUT2D eigenvalue weighted by molar-refractivity contribution is 0.0739. The van der Waals surface area contributed by atoms with Crippen molar-refractivity contribution in [1.29, 1.82) is 0 Å². The Morgan fingerprint density at radius 3 is 2.50 bits per heavy atom. The van der Waals surface area contributed by atoms with E-state index in [1.165, 1.54) is 0 Å². The molecule has 0 saturated carbocycles. The Bertz CT molecular complexity index is 771. The molecule has 1 amide bonds. The summed E-state index contributed by atoms with van der Waals surface area (Å²) in [5.41, 5.74) is 1.45. The second kappa shape index (κ2) is 9.39. The van der Waals surface area contributed by atoms with Crippen LogP contribution in [0.5, 0.6) is 5.75 Å². The van der Waals surface area contributed by atoms with Gasteiger partial charge in [0.25, 0.3) is 5.91 Å². The number of aromatic nitrogens is 2. The van der Waals surface area contributed by atoms with Crippen LogP contribution < -0.4 is 15.0 Å². The van der Waals surface area contributed by atoms with Gasteiger partial charge in [0, 0.05) is 32.7 Å². The average molecular weight is 383 g/mol. The number of ether oxygens (including phenoxy) is 1. The lowest BCUT2D eigenvalue weighted by atomic mass is 10.1. The van der Waals surface area contributed by atoms with E-state index in [1.54, 1.807) is 13.2 Å². The van der Waals surface area contributed by atoms with Crippen molar-refractivity contribution in [2.24, 2.45) is 5.92 Å². The molecule has 0 spiro atoms. The summed E-state index contributed by atoms with van der Waals surface area (Å²) in [6.45, 7) is 8.03. The Morgan fingerprint density at radius 2 is 1.86 bits per heavy atom. The van der Waals surface area contributed by atoms with Gasteiger partial charge in [-0.15, -0.1) is 10.2 Å². The van der Waals surface area contributed by atoms with E-state index in [1.807, 2.05) is 35.2 Å². The van der Waals surface area contributed by atoms with Crippen molar-refractivity contribution in [2.75, 3.05) is 50.1 Å². The number of nitrogens with zero attached hydrogens (tertiary/aromatic N) is 4. The van der Waals surface area contributed by atoms with Crippen LogP contribution in [0.25, 0.3) is 0 Å². The van der Waals surface area contributed by atoms with Gasteiger partial charge >= 0.3 is 0 Å². The molecular formula is C21H29N5O2. The Hall–Kier alpha value is -2.83. The van der Waals surface area contributed by atoms with Crippen molar-refractivity contribution >= 4 is 17.4 Å². The van der Waals surface area contributed by atoms with E-state index in [0.29, 0.717) is 30.5 Å². The first-order chi connectivity index (χ1) is 13.6. The molecular weight excluding hydrogens is 354 g/mol. The van der Waals surface area contributed by atoms with Crippen LogP contribution in [0.2, 0.25) is 0 Å². The van der Waals surface area contributed by atoms with Crippen molar-refractivity contribution in [3.05, 3.63) is 42.1 Å². The Labute approximate surface area is 166 Å². The van der Waals surface area contributed by atoms with Crippen molar-refractivity contribution in [3.8, 4) is 5.75 Å². The van der Waals surface area contributed by atoms with E-state index >= 15 is 0 Å². The van der Waals surface area contributed by atoms with Gasteiger partial charge in [0.2, 0.25) is 0 Å². The molecule has 28 heavy (non-hydrogen) atoms. The quantitative estimate of drug-likeness (QED) is 0.793. The Kier molecular flexibility index (Phi) is 6.68. The maximum absolute atomic E-state index is 12.7. The maximum atomic E-state index is 12.7. The number of amides is 1. The van der Waals surface area contributed by atoms with Crippen molar-refractivity contribution in [2.45, 2.75) is 20.3 Å². The number of hydrogen-bond donors (Lipinski definition) is 1. The largest absolute Gasteiger partial charge is 0.495 e. The molecule has 0 unspecified atom stereocenters. The fourth-order valence-corrected chi connectivity index (χ4v) is 3.23. The first-order valence-corrected chi connectivity index (χ1v) is 9.83. The topological polar surface area (TPSA) is 70.6 Å². The SMILES string of the molecule is COc1ccccc1N1CCN(C(=O)c2ccc(NCCC(C)C)nn2)CC1. The molecule has 0 bridgehead atoms. The molecule has 150 valence electrons. The van der Waals surface area contributed by atoms with Crippen LogP contribution in [-0.2, 0) is 0 Å². The number of piperazine rings is 1. The van der Waals surface area contributed by atoms with Crippen LogP contribution in [0.15, 0.2) is 36.4 Å². The van der Waals surface area contributed by atoms with E-state index in [4.69, 9.17) is 4.74 Å². The monoisotopic (exact) mass is 383 g/mol. The maximum Gasteiger partial charge on any atom is 0.274 e. The molecule has 1 N–H and O–H groups in total. The highest BCUT2D eigenvalue weighted by Crippen LogP contribution is 2.28. The first-order valence-electron chi connectivity index (χ1n) is 9.83. The van der Waals surface area contributed by atoms with Gasteiger partial charge in [-0.25, -0.2) is 0 Å². The third-order valence-corrected chi connectivity index (χ3v) is 4.90. The zero-order valence-electron chi connectivity index (χ0n) is 16.9. The minimum Gasteiger partial charge on any atom is -0.495 e. The predicted molar refractivity (Wildman–Crippen MR) is 111 cm³/mol. The lowest BCUT2D eigenvalue weighted by Gasteiger charge is -2.36. The fourth-order valence-electron chi connectivity index (χ4n) is 3.23. The van der Waals surface area contributed by atoms with Gasteiger partial charge < -0.3 is 19.9 Å². The van der Waals surface area contributed by atoms with Gasteiger partial charge in [-0.1, -0.05) is 26.0 Å². The number of para-hydroxylation sites is 2. The Morgan fingerprint density at radius 1 is 1.11 bits per heavy atom. The number of benzene rings is 1. The molecule has 0 aliphatic carbocycles. The van der Waals surface area contributed by atoms with Gasteiger partial charge in [0.05, 0.1) is 12.8 Å². The summed E-state index contributed by atoms with van der Waals surface area (Å²) < 4.78 is 5.45. The molecule has 2 aromatic rings. The number of anilines is 2. The van der Waals surface area contributed by atoms with Crippen molar-refractivity contribution in [1.82, 2.24) is 15.1 Å². The Balaban J connectivity index is 1.55. The lowest BCUT2D eigenvalue weighted by Crippen LogP contribution is -2.49. The molecule has 1 aromatic carbocycles. The minimum absolute atomic E-state index is 0.0686. The summed E-state index contributed by atoms with van der Waals surface area (Å²) in [5.74, 6) is 2.13. The normalized spacial score (nSPS) is 14.3. The molecule has 1 saturated heterocycles. The smallest absolute Gasteiger partial charge is 0.274 e. The molecule has 1 aromatic heterocycles. The molecule has 7 heteroatoms. The zero-order valence-corrected chi connectivity index (χ0v) is 16.9. The second-order valence-electron chi connectivity index (χ2n) is 7.36. The van der Waals surface area contributed by atoms with Crippen LogP contribution in [0.1, 0.15) is 30.8 Å². The third kappa shape index (κ3) is 4.91. The highest BCUT2D eigenvalue weighted by atomic mass is 16.5. The number of carbonyl (C=O) groups excluding carboxylic acids is 1. The summed E-state index contributed by atoms with van der Waals surface area (Å²) >= 11 is 0. The van der Waals surface area contributed by atoms with Crippen LogP contribution >= 0.6 is 0 Å². The second-order valence-corrected chi connectivity index (χ2v) is 7.36. The van der Waals surface area contributed by atoms with E-state index in [2.05, 4.69) is 34.3 Å². The van der Waals surface area contributed by atoms with Crippen molar-refractivity contribution in [3.63, 3.8) is 0 Å². The number of hydrogen-bond acceptors (Lipinski definition) is 6. The molecule has 0 radical (unpaired) electrons. The van der Waals surface area contributed by atoms with Crippen LogP contribution in [0.3, 0.4) is 0 Å². The third-order valence-electron chi connectivity index (χ3n) is 4.90. The molecule has 2 heterocycles. The van der Waals surface area contributed by atoms with Gasteiger partial charge in [0.1, 0.15) is 11.6 Å². The number of carbonyl (C=O) groups is 1. The van der Waals surface area contributed by atoms with Gasteiger partial charge in [-0.05, 0) is 36.6 Å². The highest BCUT2D eigenvalue weighted by molar-refractivity contribution is 5.92. The molecule has 1 aliphatic heterocycles. The van der Waals surface area contributed by atoms with E-state index < -0.39 is 0 Å². The first kappa shape index (κ1) is 19.9. The minimum atomic E-state index is -0.0686. The number of nitrogens with one attached hydrogen (secondary N) is 1. The van der Waals surface area contributed by atoms with Gasteiger partial charge in [-0.3, -0.25) is 4.79 Å². The fraction of sp³-hybridized carbons (Fsp3) is 0.476. The standard InChI is InChI=1S/C21H29N5O2/c1-16(2)10-11-22-20-9-8-17(23-24-20)21(27)26-14-12-25(13-15-26)18-6-4-5-7-19(18)28-3/h4-9,16H,10-15H2,1-3H3,(H,22,24). The summed E-state index contributed by atoms with van der Waals surface area (Å²) in [6, 6.07) is 11.5. The number of methoxy groups -OCH3 is 1. The molecule has 7 nitrogen and oxygen atoms in total. The summed E-state index contributed by atoms with van der Waals surface area (Å²) in [4.78, 5) is 16.8. The van der Waals surface area contributed by atoms with E-state index in [0.717, 1.165) is 37.5 Å². The zero-order chi connectivity index (χ0) is 19.9. The average Bonchev–Trinajstić information content (AvgIpc) is 2.73. The molecule has 3 rings (SSSR count). The molecule has 1 aliphatic rings. The highest BCUT2D eigenvalue weighted by Gasteiger charge is 2.24. The van der Waals surface area contributed by atoms with Crippen LogP contribution in [-0.4, -0.2) is 60.8 Å². The van der Waals surface area contributed by atoms with E-state index in [-0.39, 0.29) is 5.91 Å². The van der Waals surface area contributed by atoms with E-state index in [9.17, 15) is 4.79 Å². The molecule has 1 fully saturated rings. The molecule has 0 atom stereocenters. The number of rotatable bonds is 7. The van der Waals surface area contributed by atoms with Gasteiger partial charge in [-0.2, -0.15) is 0 Å². The van der Waals surface area contributed by atoms with Gasteiger partial charge in [0.15, 0.2) is 5.69 Å². The van der Waals surface area contributed by atoms with Crippen LogP contribution in [0, 0.1) is 5.92 Å². The summed E-state index contributed by atoms with van der Waals surface area (Å²) in [6.07, 6.45) is 1.07. The van der Waals surface area contributed by atoms with Crippen LogP contribution in [0.4, 0.5) is 11.5 Å². The van der Waals surface area contributed by atoms with Crippen molar-refractivity contribution < 1.29 is 9.53 Å². The summed E-state index contributed by atoms with van der Waals surface area (Å²) in [7, 11) is 1.68. The predicted octanol–water partition coefficient (Wildman–Crippen LogP) is 2.91.